The van der Waals surface area contributed by atoms with E-state index in [0.717, 1.165) is 5.56 Å². The van der Waals surface area contributed by atoms with Crippen LogP contribution in [0.1, 0.15) is 25.8 Å². The molecule has 1 aromatic rings. The SMILES string of the molecule is CN=C(NCCC(=O)OC(C)C)NCc1ccc(F)cc1. The number of guanidine groups is 1. The van der Waals surface area contributed by atoms with Gasteiger partial charge in [0.1, 0.15) is 5.82 Å². The molecule has 0 saturated heterocycles. The molecule has 6 heteroatoms. The molecule has 1 rings (SSSR count). The second-order valence-electron chi connectivity index (χ2n) is 4.77. The minimum atomic E-state index is -0.259. The maximum Gasteiger partial charge on any atom is 0.307 e. The largest absolute Gasteiger partial charge is 0.463 e. The second kappa shape index (κ2) is 8.94. The lowest BCUT2D eigenvalue weighted by Crippen LogP contribution is -2.38. The van der Waals surface area contributed by atoms with Crippen LogP contribution in [0.25, 0.3) is 0 Å². The molecule has 0 radical (unpaired) electrons. The Morgan fingerprint density at radius 3 is 2.52 bits per heavy atom. The first-order chi connectivity index (χ1) is 10.0. The lowest BCUT2D eigenvalue weighted by molar-refractivity contribution is -0.147. The Morgan fingerprint density at radius 2 is 1.95 bits per heavy atom. The fourth-order valence-electron chi connectivity index (χ4n) is 1.61. The van der Waals surface area contributed by atoms with Crippen LogP contribution in [0.4, 0.5) is 4.39 Å². The predicted octanol–water partition coefficient (Wildman–Crippen LogP) is 1.83. The van der Waals surface area contributed by atoms with Gasteiger partial charge in [-0.3, -0.25) is 9.79 Å². The Morgan fingerprint density at radius 1 is 1.29 bits per heavy atom. The zero-order chi connectivity index (χ0) is 15.7. The van der Waals surface area contributed by atoms with Crippen molar-refractivity contribution in [3.05, 3.63) is 35.6 Å². The highest BCUT2D eigenvalue weighted by molar-refractivity contribution is 5.80. The Kier molecular flexibility index (Phi) is 7.21. The predicted molar refractivity (Wildman–Crippen MR) is 80.4 cm³/mol. The van der Waals surface area contributed by atoms with E-state index in [1.165, 1.54) is 12.1 Å². The molecule has 0 atom stereocenters. The van der Waals surface area contributed by atoms with Gasteiger partial charge in [-0.25, -0.2) is 4.39 Å². The van der Waals surface area contributed by atoms with Gasteiger partial charge in [-0.15, -0.1) is 0 Å². The van der Waals surface area contributed by atoms with Crippen LogP contribution in [0.15, 0.2) is 29.3 Å². The molecule has 0 amide bonds. The summed E-state index contributed by atoms with van der Waals surface area (Å²) < 4.78 is 17.8. The van der Waals surface area contributed by atoms with Crippen LogP contribution in [0.5, 0.6) is 0 Å². The molecule has 0 aromatic heterocycles. The molecule has 0 aliphatic rings. The molecule has 0 unspecified atom stereocenters. The van der Waals surface area contributed by atoms with Gasteiger partial charge in [-0.2, -0.15) is 0 Å². The average molecular weight is 295 g/mol. The number of halogens is 1. The van der Waals surface area contributed by atoms with Crippen LogP contribution >= 0.6 is 0 Å². The molecule has 21 heavy (non-hydrogen) atoms. The summed E-state index contributed by atoms with van der Waals surface area (Å²) in [4.78, 5) is 15.4. The lowest BCUT2D eigenvalue weighted by atomic mass is 10.2. The van der Waals surface area contributed by atoms with Gasteiger partial charge in [-0.1, -0.05) is 12.1 Å². The Bertz CT molecular complexity index is 472. The average Bonchev–Trinajstić information content (AvgIpc) is 2.43. The monoisotopic (exact) mass is 295 g/mol. The standard InChI is InChI=1S/C15H22FN3O2/c1-11(2)21-14(20)8-9-18-15(17-3)19-10-12-4-6-13(16)7-5-12/h4-7,11H,8-10H2,1-3H3,(H2,17,18,19). The van der Waals surface area contributed by atoms with Gasteiger partial charge in [-0.05, 0) is 31.5 Å². The van der Waals surface area contributed by atoms with Crippen molar-refractivity contribution in [2.45, 2.75) is 32.9 Å². The maximum absolute atomic E-state index is 12.8. The third kappa shape index (κ3) is 7.29. The van der Waals surface area contributed by atoms with Crippen LogP contribution in [-0.4, -0.2) is 31.6 Å². The van der Waals surface area contributed by atoms with Gasteiger partial charge < -0.3 is 15.4 Å². The van der Waals surface area contributed by atoms with E-state index in [1.807, 2.05) is 13.8 Å². The molecule has 0 heterocycles. The highest BCUT2D eigenvalue weighted by Gasteiger charge is 2.05. The third-order valence-electron chi connectivity index (χ3n) is 2.59. The minimum absolute atomic E-state index is 0.103. The van der Waals surface area contributed by atoms with Crippen molar-refractivity contribution in [3.8, 4) is 0 Å². The maximum atomic E-state index is 12.8. The van der Waals surface area contributed by atoms with Crippen LogP contribution in [0.3, 0.4) is 0 Å². The number of hydrogen-bond donors (Lipinski definition) is 2. The van der Waals surface area contributed by atoms with Gasteiger partial charge >= 0.3 is 5.97 Å². The lowest BCUT2D eigenvalue weighted by Gasteiger charge is -2.12. The minimum Gasteiger partial charge on any atom is -0.463 e. The first kappa shape index (κ1) is 16.9. The normalized spacial score (nSPS) is 11.4. The molecule has 0 spiro atoms. The van der Waals surface area contributed by atoms with Gasteiger partial charge in [0.15, 0.2) is 5.96 Å². The summed E-state index contributed by atoms with van der Waals surface area (Å²) in [7, 11) is 1.65. The van der Waals surface area contributed by atoms with Crippen molar-refractivity contribution in [1.82, 2.24) is 10.6 Å². The van der Waals surface area contributed by atoms with Crippen molar-refractivity contribution in [1.29, 1.82) is 0 Å². The second-order valence-corrected chi connectivity index (χ2v) is 4.77. The molecular weight excluding hydrogens is 273 g/mol. The van der Waals surface area contributed by atoms with Crippen LogP contribution in [0.2, 0.25) is 0 Å². The number of aliphatic imine (C=N–C) groups is 1. The highest BCUT2D eigenvalue weighted by atomic mass is 19.1. The number of rotatable bonds is 6. The van der Waals surface area contributed by atoms with E-state index < -0.39 is 0 Å². The summed E-state index contributed by atoms with van der Waals surface area (Å²) in [6.07, 6.45) is 0.170. The first-order valence-corrected chi connectivity index (χ1v) is 6.89. The fourth-order valence-corrected chi connectivity index (χ4v) is 1.61. The van der Waals surface area contributed by atoms with Crippen LogP contribution in [-0.2, 0) is 16.1 Å². The van der Waals surface area contributed by atoms with E-state index in [4.69, 9.17) is 4.74 Å². The Balaban J connectivity index is 2.29. The Hall–Kier alpha value is -2.11. The molecule has 0 aliphatic carbocycles. The quantitative estimate of drug-likeness (QED) is 0.477. The summed E-state index contributed by atoms with van der Waals surface area (Å²) in [5, 5.41) is 6.10. The molecule has 116 valence electrons. The molecule has 0 saturated carbocycles. The topological polar surface area (TPSA) is 62.7 Å². The number of nitrogens with one attached hydrogen (secondary N) is 2. The summed E-state index contributed by atoms with van der Waals surface area (Å²) >= 11 is 0. The van der Waals surface area contributed by atoms with Gasteiger partial charge in [0, 0.05) is 20.1 Å². The number of carbonyl (C=O) groups is 1. The Labute approximate surface area is 124 Å². The van der Waals surface area contributed by atoms with Crippen molar-refractivity contribution < 1.29 is 13.9 Å². The highest BCUT2D eigenvalue weighted by Crippen LogP contribution is 2.01. The van der Waals surface area contributed by atoms with E-state index in [1.54, 1.807) is 19.2 Å². The molecule has 0 aliphatic heterocycles. The van der Waals surface area contributed by atoms with Crippen molar-refractivity contribution in [3.63, 3.8) is 0 Å². The van der Waals surface area contributed by atoms with Crippen LogP contribution in [0, 0.1) is 5.82 Å². The number of esters is 1. The smallest absolute Gasteiger partial charge is 0.307 e. The number of hydrogen-bond acceptors (Lipinski definition) is 3. The van der Waals surface area contributed by atoms with Crippen molar-refractivity contribution in [2.75, 3.05) is 13.6 Å². The van der Waals surface area contributed by atoms with Gasteiger partial charge in [0.25, 0.3) is 0 Å². The molecule has 0 bridgehead atoms. The summed E-state index contributed by atoms with van der Waals surface area (Å²) in [6, 6.07) is 6.23. The molecule has 0 fully saturated rings. The summed E-state index contributed by atoms with van der Waals surface area (Å²) in [5.74, 6) is 0.0769. The fraction of sp³-hybridized carbons (Fsp3) is 0.467. The van der Waals surface area contributed by atoms with E-state index in [-0.39, 0.29) is 24.3 Å². The zero-order valence-electron chi connectivity index (χ0n) is 12.6. The van der Waals surface area contributed by atoms with Gasteiger partial charge in [0.05, 0.1) is 12.5 Å². The third-order valence-corrected chi connectivity index (χ3v) is 2.59. The molecule has 1 aromatic carbocycles. The van der Waals surface area contributed by atoms with E-state index in [0.29, 0.717) is 19.0 Å². The summed E-state index contributed by atoms with van der Waals surface area (Å²) in [5.41, 5.74) is 0.943. The van der Waals surface area contributed by atoms with E-state index >= 15 is 0 Å². The number of ether oxygens (including phenoxy) is 1. The zero-order valence-corrected chi connectivity index (χ0v) is 12.6. The number of nitrogens with zero attached hydrogens (tertiary/aromatic N) is 1. The molecular formula is C15H22FN3O2. The molecule has 5 nitrogen and oxygen atoms in total. The van der Waals surface area contributed by atoms with Crippen molar-refractivity contribution >= 4 is 11.9 Å². The summed E-state index contributed by atoms with van der Waals surface area (Å²) in [6.45, 7) is 4.59. The van der Waals surface area contributed by atoms with Gasteiger partial charge in [0.2, 0.25) is 0 Å². The van der Waals surface area contributed by atoms with E-state index in [9.17, 15) is 9.18 Å². The van der Waals surface area contributed by atoms with Crippen LogP contribution < -0.4 is 10.6 Å². The first-order valence-electron chi connectivity index (χ1n) is 6.89. The number of carbonyl (C=O) groups excluding carboxylic acids is 1. The number of benzene rings is 1. The van der Waals surface area contributed by atoms with E-state index in [2.05, 4.69) is 15.6 Å². The van der Waals surface area contributed by atoms with Crippen molar-refractivity contribution in [2.24, 2.45) is 4.99 Å². The molecule has 2 N–H and O–H groups in total.